The summed E-state index contributed by atoms with van der Waals surface area (Å²) < 4.78 is 0. The quantitative estimate of drug-likeness (QED) is 0.712. The van der Waals surface area contributed by atoms with Crippen molar-refractivity contribution in [3.05, 3.63) is 29.8 Å². The van der Waals surface area contributed by atoms with Crippen molar-refractivity contribution in [1.82, 2.24) is 15.5 Å². The second-order valence-electron chi connectivity index (χ2n) is 6.28. The highest BCUT2D eigenvalue weighted by molar-refractivity contribution is 5.95. The topological polar surface area (TPSA) is 90.5 Å². The molecule has 0 spiro atoms. The zero-order chi connectivity index (χ0) is 18.2. The molecule has 0 radical (unpaired) electrons. The molecule has 0 saturated carbocycles. The predicted octanol–water partition coefficient (Wildman–Crippen LogP) is 1.96. The molecule has 1 aliphatic rings. The van der Waals surface area contributed by atoms with Crippen molar-refractivity contribution in [3.8, 4) is 0 Å². The number of carbonyl (C=O) groups excluding carboxylic acids is 3. The third kappa shape index (κ3) is 5.77. The van der Waals surface area contributed by atoms with Gasteiger partial charge in [-0.3, -0.25) is 9.59 Å². The number of nitrogens with one attached hydrogen (secondary N) is 3. The number of nitrogens with zero attached hydrogens (tertiary/aromatic N) is 1. The van der Waals surface area contributed by atoms with Gasteiger partial charge >= 0.3 is 6.03 Å². The number of anilines is 1. The first kappa shape index (κ1) is 18.8. The number of piperidine rings is 1. The van der Waals surface area contributed by atoms with Gasteiger partial charge < -0.3 is 20.9 Å². The van der Waals surface area contributed by atoms with Crippen molar-refractivity contribution >= 4 is 23.5 Å². The molecule has 7 nitrogen and oxygen atoms in total. The second-order valence-corrected chi connectivity index (χ2v) is 6.28. The Morgan fingerprint density at radius 2 is 1.76 bits per heavy atom. The minimum Gasteiger partial charge on any atom is -0.355 e. The maximum atomic E-state index is 12.6. The summed E-state index contributed by atoms with van der Waals surface area (Å²) in [7, 11) is 0. The van der Waals surface area contributed by atoms with Crippen molar-refractivity contribution in [2.75, 3.05) is 25.0 Å². The number of urea groups is 1. The average Bonchev–Trinajstić information content (AvgIpc) is 2.59. The van der Waals surface area contributed by atoms with Gasteiger partial charge in [0.05, 0.1) is 0 Å². The number of amides is 4. The van der Waals surface area contributed by atoms with Crippen LogP contribution >= 0.6 is 0 Å². The second kappa shape index (κ2) is 9.05. The molecule has 0 unspecified atom stereocenters. The Hall–Kier alpha value is -2.57. The van der Waals surface area contributed by atoms with Crippen molar-refractivity contribution < 1.29 is 14.4 Å². The third-order valence-electron chi connectivity index (χ3n) is 4.24. The first-order chi connectivity index (χ1) is 12.0. The van der Waals surface area contributed by atoms with Gasteiger partial charge in [-0.1, -0.05) is 0 Å². The van der Waals surface area contributed by atoms with Gasteiger partial charge in [-0.25, -0.2) is 4.79 Å². The van der Waals surface area contributed by atoms with Crippen LogP contribution in [0.1, 0.15) is 43.5 Å². The summed E-state index contributed by atoms with van der Waals surface area (Å²) >= 11 is 0. The summed E-state index contributed by atoms with van der Waals surface area (Å²) in [5.74, 6) is -0.0935. The molecule has 0 aromatic heterocycles. The molecule has 1 aliphatic heterocycles. The summed E-state index contributed by atoms with van der Waals surface area (Å²) in [5, 5.41) is 7.93. The number of likely N-dealkylation sites (tertiary alicyclic amines) is 1. The van der Waals surface area contributed by atoms with E-state index in [0.29, 0.717) is 24.3 Å². The Morgan fingerprint density at radius 3 is 2.40 bits per heavy atom. The predicted molar refractivity (Wildman–Crippen MR) is 96.5 cm³/mol. The summed E-state index contributed by atoms with van der Waals surface area (Å²) in [6, 6.07) is 6.82. The highest BCUT2D eigenvalue weighted by Gasteiger charge is 2.24. The van der Waals surface area contributed by atoms with Crippen LogP contribution < -0.4 is 16.0 Å². The largest absolute Gasteiger partial charge is 0.355 e. The summed E-state index contributed by atoms with van der Waals surface area (Å²) in [6.45, 7) is 5.03. The lowest BCUT2D eigenvalue weighted by Crippen LogP contribution is -2.42. The van der Waals surface area contributed by atoms with Crippen molar-refractivity contribution in [2.45, 2.75) is 39.2 Å². The third-order valence-corrected chi connectivity index (χ3v) is 4.24. The van der Waals surface area contributed by atoms with Gasteiger partial charge in [0.1, 0.15) is 0 Å². The molecule has 136 valence electrons. The standard InChI is InChI=1S/C18H26N4O3/c1-13-5-3-4-12-22(13)17(24)15-6-8-16(9-7-15)21-18(25)20-11-10-19-14(2)23/h6-9,13H,3-5,10-12H2,1-2H3,(H,19,23)(H2,20,21,25)/t13-/m0/s1. The monoisotopic (exact) mass is 346 g/mol. The van der Waals surface area contributed by atoms with Crippen LogP contribution in [0.5, 0.6) is 0 Å². The van der Waals surface area contributed by atoms with E-state index in [-0.39, 0.29) is 23.9 Å². The van der Waals surface area contributed by atoms with Crippen LogP contribution in [0.25, 0.3) is 0 Å². The first-order valence-corrected chi connectivity index (χ1v) is 8.67. The van der Waals surface area contributed by atoms with Crippen LogP contribution in [0, 0.1) is 0 Å². The number of carbonyl (C=O) groups is 3. The Morgan fingerprint density at radius 1 is 1.08 bits per heavy atom. The molecule has 2 rings (SSSR count). The zero-order valence-electron chi connectivity index (χ0n) is 14.8. The smallest absolute Gasteiger partial charge is 0.319 e. The van der Waals surface area contributed by atoms with Gasteiger partial charge in [0.25, 0.3) is 5.91 Å². The molecule has 1 saturated heterocycles. The molecule has 1 aromatic carbocycles. The van der Waals surface area contributed by atoms with Gasteiger partial charge in [0, 0.05) is 43.9 Å². The normalized spacial score (nSPS) is 16.9. The van der Waals surface area contributed by atoms with Gasteiger partial charge in [-0.2, -0.15) is 0 Å². The lowest BCUT2D eigenvalue weighted by atomic mass is 10.0. The number of rotatable bonds is 5. The minimum atomic E-state index is -0.353. The molecule has 25 heavy (non-hydrogen) atoms. The van der Waals surface area contributed by atoms with E-state index in [1.54, 1.807) is 24.3 Å². The average molecular weight is 346 g/mol. The SMILES string of the molecule is CC(=O)NCCNC(=O)Nc1ccc(C(=O)N2CCCC[C@@H]2C)cc1. The Balaban J connectivity index is 1.83. The first-order valence-electron chi connectivity index (χ1n) is 8.67. The molecule has 0 aliphatic carbocycles. The maximum absolute atomic E-state index is 12.6. The fourth-order valence-corrected chi connectivity index (χ4v) is 2.85. The van der Waals surface area contributed by atoms with Crippen LogP contribution in [-0.2, 0) is 4.79 Å². The molecule has 1 aromatic rings. The van der Waals surface area contributed by atoms with E-state index >= 15 is 0 Å². The lowest BCUT2D eigenvalue weighted by molar-refractivity contribution is -0.118. The van der Waals surface area contributed by atoms with Crippen molar-refractivity contribution in [1.29, 1.82) is 0 Å². The number of hydrogen-bond donors (Lipinski definition) is 3. The van der Waals surface area contributed by atoms with Crippen LogP contribution in [0.2, 0.25) is 0 Å². The molecule has 1 fully saturated rings. The van der Waals surface area contributed by atoms with Crippen LogP contribution in [0.3, 0.4) is 0 Å². The summed E-state index contributed by atoms with van der Waals surface area (Å²) in [4.78, 5) is 37.0. The van der Waals surface area contributed by atoms with Gasteiger partial charge in [0.2, 0.25) is 5.91 Å². The van der Waals surface area contributed by atoms with E-state index in [0.717, 1.165) is 19.4 Å². The molecule has 7 heteroatoms. The number of benzene rings is 1. The molecule has 1 atom stereocenters. The van der Waals surface area contributed by atoms with Gasteiger partial charge in [0.15, 0.2) is 0 Å². The van der Waals surface area contributed by atoms with E-state index in [9.17, 15) is 14.4 Å². The summed E-state index contributed by atoms with van der Waals surface area (Å²) in [5.41, 5.74) is 1.24. The van der Waals surface area contributed by atoms with Crippen molar-refractivity contribution in [3.63, 3.8) is 0 Å². The Bertz CT molecular complexity index is 615. The fourth-order valence-electron chi connectivity index (χ4n) is 2.85. The van der Waals surface area contributed by atoms with E-state index in [1.165, 1.54) is 13.3 Å². The lowest BCUT2D eigenvalue weighted by Gasteiger charge is -2.33. The van der Waals surface area contributed by atoms with Crippen LogP contribution in [0.15, 0.2) is 24.3 Å². The van der Waals surface area contributed by atoms with Crippen LogP contribution in [0.4, 0.5) is 10.5 Å². The highest BCUT2D eigenvalue weighted by Crippen LogP contribution is 2.20. The molecule has 4 amide bonds. The van der Waals surface area contributed by atoms with Gasteiger partial charge in [-0.05, 0) is 50.5 Å². The maximum Gasteiger partial charge on any atom is 0.319 e. The molecule has 3 N–H and O–H groups in total. The van der Waals surface area contributed by atoms with Crippen LogP contribution in [-0.4, -0.2) is 48.4 Å². The molecular formula is C18H26N4O3. The van der Waals surface area contributed by atoms with Gasteiger partial charge in [-0.15, -0.1) is 0 Å². The van der Waals surface area contributed by atoms with E-state index in [2.05, 4.69) is 22.9 Å². The highest BCUT2D eigenvalue weighted by atomic mass is 16.2. The Kier molecular flexibility index (Phi) is 6.80. The fraction of sp³-hybridized carbons (Fsp3) is 0.500. The summed E-state index contributed by atoms with van der Waals surface area (Å²) in [6.07, 6.45) is 3.27. The van der Waals surface area contributed by atoms with E-state index in [4.69, 9.17) is 0 Å². The molecular weight excluding hydrogens is 320 g/mol. The van der Waals surface area contributed by atoms with Crippen molar-refractivity contribution in [2.24, 2.45) is 0 Å². The number of hydrogen-bond acceptors (Lipinski definition) is 3. The Labute approximate surface area is 148 Å². The molecule has 0 bridgehead atoms. The van der Waals surface area contributed by atoms with E-state index < -0.39 is 0 Å². The van der Waals surface area contributed by atoms with E-state index in [1.807, 2.05) is 4.90 Å². The molecule has 1 heterocycles. The zero-order valence-corrected chi connectivity index (χ0v) is 14.8. The minimum absolute atomic E-state index is 0.0403.